The van der Waals surface area contributed by atoms with Gasteiger partial charge in [-0.3, -0.25) is 4.79 Å². The lowest BCUT2D eigenvalue weighted by Crippen LogP contribution is -2.47. The number of phenols is 1. The molecule has 4 nitrogen and oxygen atoms in total. The quantitative estimate of drug-likeness (QED) is 0.874. The molecule has 0 aromatic heterocycles. The first-order valence-corrected chi connectivity index (χ1v) is 6.72. The van der Waals surface area contributed by atoms with Crippen molar-refractivity contribution in [2.45, 2.75) is 38.8 Å². The van der Waals surface area contributed by atoms with Gasteiger partial charge in [-0.25, -0.2) is 0 Å². The third-order valence-corrected chi connectivity index (χ3v) is 4.22. The Hall–Kier alpha value is -1.55. The first-order valence-electron chi connectivity index (χ1n) is 6.72. The lowest BCUT2D eigenvalue weighted by Gasteiger charge is -2.32. The van der Waals surface area contributed by atoms with Crippen LogP contribution < -0.4 is 5.73 Å². The van der Waals surface area contributed by atoms with Crippen LogP contribution in [-0.4, -0.2) is 29.0 Å². The molecule has 0 radical (unpaired) electrons. The van der Waals surface area contributed by atoms with Crippen LogP contribution in [0.15, 0.2) is 24.3 Å². The van der Waals surface area contributed by atoms with Crippen LogP contribution in [0.5, 0.6) is 5.75 Å². The van der Waals surface area contributed by atoms with Gasteiger partial charge >= 0.3 is 0 Å². The Balaban J connectivity index is 2.05. The SMILES string of the molecule is CN(Cc1ccc(O)cc1)C(=O)C1(C)CCCC1N. The minimum atomic E-state index is -0.425. The van der Waals surface area contributed by atoms with E-state index >= 15 is 0 Å². The summed E-state index contributed by atoms with van der Waals surface area (Å²) in [7, 11) is 1.81. The van der Waals surface area contributed by atoms with E-state index in [-0.39, 0.29) is 17.7 Å². The lowest BCUT2D eigenvalue weighted by molar-refractivity contribution is -0.140. The van der Waals surface area contributed by atoms with E-state index in [9.17, 15) is 9.90 Å². The van der Waals surface area contributed by atoms with Gasteiger partial charge < -0.3 is 15.7 Å². The van der Waals surface area contributed by atoms with Crippen molar-refractivity contribution in [2.75, 3.05) is 7.05 Å². The van der Waals surface area contributed by atoms with Gasteiger partial charge in [0.1, 0.15) is 5.75 Å². The molecule has 0 bridgehead atoms. The molecule has 4 heteroatoms. The summed E-state index contributed by atoms with van der Waals surface area (Å²) >= 11 is 0. The fourth-order valence-corrected chi connectivity index (χ4v) is 2.84. The molecule has 0 saturated heterocycles. The summed E-state index contributed by atoms with van der Waals surface area (Å²) in [6.07, 6.45) is 2.82. The summed E-state index contributed by atoms with van der Waals surface area (Å²) in [6, 6.07) is 6.89. The molecular weight excluding hydrogens is 240 g/mol. The van der Waals surface area contributed by atoms with Gasteiger partial charge in [0.05, 0.1) is 5.41 Å². The first kappa shape index (κ1) is 13.9. The topological polar surface area (TPSA) is 66.6 Å². The number of carbonyl (C=O) groups excluding carboxylic acids is 1. The van der Waals surface area contributed by atoms with E-state index in [2.05, 4.69) is 0 Å². The Labute approximate surface area is 114 Å². The fraction of sp³-hybridized carbons (Fsp3) is 0.533. The molecule has 1 aliphatic carbocycles. The van der Waals surface area contributed by atoms with Crippen molar-refractivity contribution in [1.82, 2.24) is 4.90 Å². The van der Waals surface area contributed by atoms with Crippen LogP contribution in [0.2, 0.25) is 0 Å². The molecular formula is C15H22N2O2. The van der Waals surface area contributed by atoms with E-state index in [1.807, 2.05) is 26.1 Å². The molecule has 2 atom stereocenters. The third-order valence-electron chi connectivity index (χ3n) is 4.22. The van der Waals surface area contributed by atoms with E-state index < -0.39 is 5.41 Å². The summed E-state index contributed by atoms with van der Waals surface area (Å²) in [5.74, 6) is 0.355. The molecule has 1 aromatic rings. The second-order valence-electron chi connectivity index (χ2n) is 5.74. The lowest BCUT2D eigenvalue weighted by atomic mass is 9.83. The Kier molecular flexibility index (Phi) is 3.80. The second-order valence-corrected chi connectivity index (χ2v) is 5.74. The minimum Gasteiger partial charge on any atom is -0.508 e. The summed E-state index contributed by atoms with van der Waals surface area (Å²) in [5, 5.41) is 9.25. The van der Waals surface area contributed by atoms with Crippen molar-refractivity contribution < 1.29 is 9.90 Å². The number of phenolic OH excluding ortho intramolecular Hbond substituents is 1. The van der Waals surface area contributed by atoms with Gasteiger partial charge in [0.15, 0.2) is 0 Å². The first-order chi connectivity index (χ1) is 8.93. The van der Waals surface area contributed by atoms with Gasteiger partial charge in [0.25, 0.3) is 0 Å². The predicted molar refractivity (Wildman–Crippen MR) is 74.5 cm³/mol. The number of benzene rings is 1. The molecule has 1 saturated carbocycles. The molecule has 19 heavy (non-hydrogen) atoms. The fourth-order valence-electron chi connectivity index (χ4n) is 2.84. The molecule has 104 valence electrons. The van der Waals surface area contributed by atoms with Crippen LogP contribution in [0.1, 0.15) is 31.7 Å². The molecule has 0 aliphatic heterocycles. The average molecular weight is 262 g/mol. The van der Waals surface area contributed by atoms with Crippen molar-refractivity contribution in [3.05, 3.63) is 29.8 Å². The Bertz CT molecular complexity index is 458. The number of hydrogen-bond acceptors (Lipinski definition) is 3. The maximum atomic E-state index is 12.5. The molecule has 0 spiro atoms. The highest BCUT2D eigenvalue weighted by Crippen LogP contribution is 2.38. The van der Waals surface area contributed by atoms with Gasteiger partial charge in [-0.2, -0.15) is 0 Å². The zero-order valence-electron chi connectivity index (χ0n) is 11.6. The van der Waals surface area contributed by atoms with Crippen molar-refractivity contribution in [2.24, 2.45) is 11.1 Å². The summed E-state index contributed by atoms with van der Waals surface area (Å²) in [5.41, 5.74) is 6.66. The molecule has 3 N–H and O–H groups in total. The van der Waals surface area contributed by atoms with Crippen molar-refractivity contribution >= 4 is 5.91 Å². The van der Waals surface area contributed by atoms with Gasteiger partial charge in [0, 0.05) is 19.6 Å². The Morgan fingerprint density at radius 3 is 2.63 bits per heavy atom. The highest BCUT2D eigenvalue weighted by atomic mass is 16.3. The standard InChI is InChI=1S/C15H22N2O2/c1-15(9-3-4-13(15)16)14(19)17(2)10-11-5-7-12(18)8-6-11/h5-8,13,18H,3-4,9-10,16H2,1-2H3. The van der Waals surface area contributed by atoms with E-state index in [0.29, 0.717) is 6.54 Å². The Morgan fingerprint density at radius 2 is 2.11 bits per heavy atom. The largest absolute Gasteiger partial charge is 0.508 e. The maximum Gasteiger partial charge on any atom is 0.230 e. The molecule has 2 unspecified atom stereocenters. The summed E-state index contributed by atoms with van der Waals surface area (Å²) in [6.45, 7) is 2.52. The van der Waals surface area contributed by atoms with Crippen LogP contribution >= 0.6 is 0 Å². The zero-order valence-corrected chi connectivity index (χ0v) is 11.6. The summed E-state index contributed by atoms with van der Waals surface area (Å²) in [4.78, 5) is 14.3. The molecule has 1 fully saturated rings. The van der Waals surface area contributed by atoms with E-state index in [1.165, 1.54) is 0 Å². The van der Waals surface area contributed by atoms with Gasteiger partial charge in [-0.05, 0) is 37.5 Å². The third kappa shape index (κ3) is 2.73. The Morgan fingerprint density at radius 1 is 1.47 bits per heavy atom. The number of amides is 1. The predicted octanol–water partition coefficient (Wildman–Crippen LogP) is 1.87. The smallest absolute Gasteiger partial charge is 0.230 e. The molecule has 2 rings (SSSR count). The highest BCUT2D eigenvalue weighted by molar-refractivity contribution is 5.83. The van der Waals surface area contributed by atoms with Crippen molar-refractivity contribution in [1.29, 1.82) is 0 Å². The number of hydrogen-bond donors (Lipinski definition) is 2. The second kappa shape index (κ2) is 5.21. The normalized spacial score (nSPS) is 26.4. The minimum absolute atomic E-state index is 0.0396. The van der Waals surface area contributed by atoms with Crippen molar-refractivity contribution in [3.8, 4) is 5.75 Å². The van der Waals surface area contributed by atoms with Crippen molar-refractivity contribution in [3.63, 3.8) is 0 Å². The number of nitrogens with two attached hydrogens (primary N) is 1. The maximum absolute atomic E-state index is 12.5. The van der Waals surface area contributed by atoms with Gasteiger partial charge in [-0.15, -0.1) is 0 Å². The number of aromatic hydroxyl groups is 1. The number of nitrogens with zero attached hydrogens (tertiary/aromatic N) is 1. The van der Waals surface area contributed by atoms with Crippen LogP contribution in [-0.2, 0) is 11.3 Å². The number of rotatable bonds is 3. The molecule has 1 amide bonds. The average Bonchev–Trinajstić information content (AvgIpc) is 2.72. The molecule has 0 heterocycles. The van der Waals surface area contributed by atoms with Crippen LogP contribution in [0, 0.1) is 5.41 Å². The zero-order chi connectivity index (χ0) is 14.0. The number of carbonyl (C=O) groups is 1. The van der Waals surface area contributed by atoms with Crippen LogP contribution in [0.4, 0.5) is 0 Å². The van der Waals surface area contributed by atoms with Gasteiger partial charge in [-0.1, -0.05) is 18.6 Å². The van der Waals surface area contributed by atoms with Crippen LogP contribution in [0.25, 0.3) is 0 Å². The van der Waals surface area contributed by atoms with E-state index in [4.69, 9.17) is 5.73 Å². The summed E-state index contributed by atoms with van der Waals surface area (Å²) < 4.78 is 0. The monoisotopic (exact) mass is 262 g/mol. The highest BCUT2D eigenvalue weighted by Gasteiger charge is 2.44. The van der Waals surface area contributed by atoms with E-state index in [1.54, 1.807) is 17.0 Å². The molecule has 1 aromatic carbocycles. The van der Waals surface area contributed by atoms with Crippen LogP contribution in [0.3, 0.4) is 0 Å². The van der Waals surface area contributed by atoms with E-state index in [0.717, 1.165) is 24.8 Å². The van der Waals surface area contributed by atoms with Gasteiger partial charge in [0.2, 0.25) is 5.91 Å². The molecule has 1 aliphatic rings.